The van der Waals surface area contributed by atoms with Gasteiger partial charge in [-0.2, -0.15) is 0 Å². The third-order valence-electron chi connectivity index (χ3n) is 3.82. The van der Waals surface area contributed by atoms with Crippen molar-refractivity contribution in [3.05, 3.63) is 59.2 Å². The summed E-state index contributed by atoms with van der Waals surface area (Å²) < 4.78 is 5.94. The van der Waals surface area contributed by atoms with Gasteiger partial charge in [-0.15, -0.1) is 0 Å². The normalized spacial score (nSPS) is 15.7. The molecule has 2 aromatic rings. The van der Waals surface area contributed by atoms with Crippen molar-refractivity contribution < 1.29 is 14.3 Å². The minimum absolute atomic E-state index is 0.398. The first kappa shape index (κ1) is 11.9. The second-order valence-electron chi connectivity index (χ2n) is 5.04. The van der Waals surface area contributed by atoms with E-state index in [1.807, 2.05) is 36.4 Å². The second-order valence-corrected chi connectivity index (χ2v) is 5.04. The van der Waals surface area contributed by atoms with Crippen LogP contribution >= 0.6 is 0 Å². The first-order valence-corrected chi connectivity index (χ1v) is 6.61. The van der Waals surface area contributed by atoms with Crippen LogP contribution in [-0.4, -0.2) is 23.6 Å². The van der Waals surface area contributed by atoms with Gasteiger partial charge in [0, 0.05) is 18.2 Å². The maximum Gasteiger partial charge on any atom is 0.299 e. The van der Waals surface area contributed by atoms with Crippen LogP contribution in [0.2, 0.25) is 0 Å². The van der Waals surface area contributed by atoms with E-state index in [1.54, 1.807) is 19.2 Å². The Labute approximate surface area is 121 Å². The summed E-state index contributed by atoms with van der Waals surface area (Å²) in [4.78, 5) is 25.7. The first-order chi connectivity index (χ1) is 10.2. The maximum atomic E-state index is 12.2. The molecule has 0 saturated heterocycles. The number of para-hydroxylation sites is 1. The number of hydrogen-bond acceptors (Lipinski definition) is 3. The van der Waals surface area contributed by atoms with Gasteiger partial charge in [-0.05, 0) is 24.3 Å². The highest BCUT2D eigenvalue weighted by atomic mass is 16.5. The Bertz CT molecular complexity index is 836. The van der Waals surface area contributed by atoms with Crippen molar-refractivity contribution in [2.75, 3.05) is 7.05 Å². The summed E-state index contributed by atoms with van der Waals surface area (Å²) in [6, 6.07) is 12.8. The molecule has 4 heteroatoms. The molecule has 0 bridgehead atoms. The summed E-state index contributed by atoms with van der Waals surface area (Å²) in [5, 5.41) is 0. The van der Waals surface area contributed by atoms with Gasteiger partial charge >= 0.3 is 0 Å². The average molecular weight is 277 g/mol. The largest absolute Gasteiger partial charge is 0.456 e. The number of Topliss-reactive ketones (excluding diaryl/α,β-unsaturated/α-hetero) is 1. The van der Waals surface area contributed by atoms with Gasteiger partial charge in [0.1, 0.15) is 11.5 Å². The summed E-state index contributed by atoms with van der Waals surface area (Å²) in [6.07, 6.45) is 1.88. The Hall–Kier alpha value is -2.88. The predicted molar refractivity (Wildman–Crippen MR) is 77.9 cm³/mol. The molecule has 4 rings (SSSR count). The fourth-order valence-corrected chi connectivity index (χ4v) is 2.74. The van der Waals surface area contributed by atoms with Crippen LogP contribution in [0.15, 0.2) is 42.5 Å². The lowest BCUT2D eigenvalue weighted by Crippen LogP contribution is -2.37. The monoisotopic (exact) mass is 277 g/mol. The molecular weight excluding hydrogens is 266 g/mol. The molecule has 0 aliphatic carbocycles. The fourth-order valence-electron chi connectivity index (χ4n) is 2.74. The third-order valence-corrected chi connectivity index (χ3v) is 3.82. The van der Waals surface area contributed by atoms with Crippen molar-refractivity contribution in [2.45, 2.75) is 0 Å². The molecule has 21 heavy (non-hydrogen) atoms. The van der Waals surface area contributed by atoms with Crippen LogP contribution in [-0.2, 0) is 4.79 Å². The smallest absolute Gasteiger partial charge is 0.299 e. The molecule has 1 amide bonds. The van der Waals surface area contributed by atoms with E-state index in [0.29, 0.717) is 28.3 Å². The lowest BCUT2D eigenvalue weighted by atomic mass is 9.94. The van der Waals surface area contributed by atoms with Crippen LogP contribution in [0.1, 0.15) is 21.5 Å². The molecular formula is C17H11NO3. The zero-order valence-electron chi connectivity index (χ0n) is 11.3. The lowest BCUT2D eigenvalue weighted by Gasteiger charge is -2.27. The molecule has 0 unspecified atom stereocenters. The molecule has 102 valence electrons. The molecule has 0 saturated carbocycles. The van der Waals surface area contributed by atoms with E-state index in [4.69, 9.17) is 4.74 Å². The second kappa shape index (κ2) is 4.06. The van der Waals surface area contributed by atoms with E-state index >= 15 is 0 Å². The molecule has 4 nitrogen and oxygen atoms in total. The number of ether oxygens (including phenoxy) is 1. The van der Waals surface area contributed by atoms with Crippen LogP contribution in [0.3, 0.4) is 0 Å². The molecule has 0 spiro atoms. The highest BCUT2D eigenvalue weighted by Crippen LogP contribution is 2.42. The van der Waals surface area contributed by atoms with Gasteiger partial charge in [0.05, 0.1) is 11.3 Å². The van der Waals surface area contributed by atoms with Crippen molar-refractivity contribution in [3.8, 4) is 11.5 Å². The molecule has 0 fully saturated rings. The van der Waals surface area contributed by atoms with Crippen molar-refractivity contribution in [2.24, 2.45) is 0 Å². The summed E-state index contributed by atoms with van der Waals surface area (Å²) in [7, 11) is 1.61. The maximum absolute atomic E-state index is 12.2. The third kappa shape index (κ3) is 1.56. The van der Waals surface area contributed by atoms with Gasteiger partial charge in [0.15, 0.2) is 0 Å². The highest BCUT2D eigenvalue weighted by molar-refractivity contribution is 6.46. The van der Waals surface area contributed by atoms with Gasteiger partial charge < -0.3 is 9.64 Å². The number of likely N-dealkylation sites (N-methyl/N-ethyl adjacent to an activating group) is 1. The number of rotatable bonds is 0. The first-order valence-electron chi connectivity index (χ1n) is 6.61. The summed E-state index contributed by atoms with van der Waals surface area (Å²) in [5.41, 5.74) is 2.65. The molecule has 0 radical (unpaired) electrons. The molecule has 2 aliphatic heterocycles. The zero-order chi connectivity index (χ0) is 14.6. The molecule has 0 aromatic heterocycles. The van der Waals surface area contributed by atoms with Crippen LogP contribution in [0.4, 0.5) is 0 Å². The van der Waals surface area contributed by atoms with Crippen molar-refractivity contribution in [3.63, 3.8) is 0 Å². The van der Waals surface area contributed by atoms with Crippen LogP contribution in [0.25, 0.3) is 11.8 Å². The van der Waals surface area contributed by atoms with Gasteiger partial charge in [-0.1, -0.05) is 24.3 Å². The number of carbonyl (C=O) groups excluding carboxylic acids is 2. The minimum Gasteiger partial charge on any atom is -0.456 e. The van der Waals surface area contributed by atoms with Gasteiger partial charge in [-0.3, -0.25) is 9.59 Å². The van der Waals surface area contributed by atoms with Crippen LogP contribution in [0.5, 0.6) is 11.5 Å². The molecule has 0 atom stereocenters. The van der Waals surface area contributed by atoms with Crippen molar-refractivity contribution in [1.82, 2.24) is 4.90 Å². The summed E-state index contributed by atoms with van der Waals surface area (Å²) in [5.74, 6) is 0.281. The van der Waals surface area contributed by atoms with Gasteiger partial charge in [-0.25, -0.2) is 0 Å². The number of carbonyl (C=O) groups is 2. The van der Waals surface area contributed by atoms with Gasteiger partial charge in [0.2, 0.25) is 0 Å². The van der Waals surface area contributed by atoms with E-state index in [-0.39, 0.29) is 0 Å². The number of nitrogens with zero attached hydrogens (tertiary/aromatic N) is 1. The number of benzene rings is 2. The van der Waals surface area contributed by atoms with E-state index in [1.165, 1.54) is 4.90 Å². The predicted octanol–water partition coefficient (Wildman–Crippen LogP) is 2.95. The lowest BCUT2D eigenvalue weighted by molar-refractivity contribution is -0.122. The average Bonchev–Trinajstić information content (AvgIpc) is 2.67. The Morgan fingerprint density at radius 2 is 1.71 bits per heavy atom. The topological polar surface area (TPSA) is 46.6 Å². The Balaban J connectivity index is 2.09. The SMILES string of the molecule is CN1C(=O)C(=O)c2cccc3c2C1=Cc1ccccc1O3. The number of amides is 1. The van der Waals surface area contributed by atoms with Crippen LogP contribution in [0, 0.1) is 0 Å². The van der Waals surface area contributed by atoms with Crippen LogP contribution < -0.4 is 4.74 Å². The molecule has 2 aromatic carbocycles. The molecule has 2 aliphatic rings. The number of fused-ring (bicyclic) bond motifs is 1. The van der Waals surface area contributed by atoms with Crippen molar-refractivity contribution in [1.29, 1.82) is 0 Å². The van der Waals surface area contributed by atoms with E-state index in [9.17, 15) is 9.59 Å². The standard InChI is InChI=1S/C17H11NO3/c1-18-12-9-10-5-2-3-7-13(10)21-14-8-4-6-11(15(12)14)16(19)17(18)20/h2-9H,1H3. The van der Waals surface area contributed by atoms with Crippen molar-refractivity contribution >= 4 is 23.5 Å². The highest BCUT2D eigenvalue weighted by Gasteiger charge is 2.36. The molecule has 2 heterocycles. The Morgan fingerprint density at radius 1 is 0.952 bits per heavy atom. The Kier molecular flexibility index (Phi) is 2.30. The van der Waals surface area contributed by atoms with E-state index in [2.05, 4.69) is 0 Å². The summed E-state index contributed by atoms with van der Waals surface area (Å²) in [6.45, 7) is 0. The number of ketones is 1. The Morgan fingerprint density at radius 3 is 2.57 bits per heavy atom. The summed E-state index contributed by atoms with van der Waals surface area (Å²) >= 11 is 0. The van der Waals surface area contributed by atoms with Gasteiger partial charge in [0.25, 0.3) is 11.7 Å². The minimum atomic E-state index is -0.523. The van der Waals surface area contributed by atoms with E-state index in [0.717, 1.165) is 5.56 Å². The quantitative estimate of drug-likeness (QED) is 0.695. The molecule has 0 N–H and O–H groups in total. The van der Waals surface area contributed by atoms with E-state index < -0.39 is 11.7 Å². The number of hydrogen-bond donors (Lipinski definition) is 0. The zero-order valence-corrected chi connectivity index (χ0v) is 11.3. The fraction of sp³-hybridized carbons (Fsp3) is 0.0588.